The van der Waals surface area contributed by atoms with Gasteiger partial charge in [0.05, 0.1) is 6.61 Å². The van der Waals surface area contributed by atoms with Gasteiger partial charge < -0.3 is 14.6 Å². The van der Waals surface area contributed by atoms with Crippen molar-refractivity contribution in [1.82, 2.24) is 0 Å². The molecule has 0 rings (SSSR count). The Morgan fingerprint density at radius 2 is 1.13 bits per heavy atom. The summed E-state index contributed by atoms with van der Waals surface area (Å²) in [5.74, 6) is -0.643. The minimum absolute atomic E-state index is 0.0862. The van der Waals surface area contributed by atoms with E-state index in [0.717, 1.165) is 51.4 Å². The number of carbonyl (C=O) groups excluding carboxylic acids is 2. The molecule has 5 nitrogen and oxygen atoms in total. The fourth-order valence-electron chi connectivity index (χ4n) is 3.91. The second kappa shape index (κ2) is 29.4. The van der Waals surface area contributed by atoms with Gasteiger partial charge in [-0.15, -0.1) is 0 Å². The third-order valence-corrected chi connectivity index (χ3v) is 6.23. The molecule has 0 aliphatic carbocycles. The number of allylic oxidation sites excluding steroid dienone is 8. The smallest absolute Gasteiger partial charge is 0.306 e. The lowest BCUT2D eigenvalue weighted by atomic mass is 10.1. The standard InChI is InChI=1S/C33H56O5/c1-3-5-7-9-11-13-15-16-18-19-21-23-25-27-32(35)37-30-31(29-34)38-33(36)28-26-24-22-20-17-14-12-10-8-6-4-2/h5,7,9,11,13,15-16,18,31,34H,3-4,6,8,10,12,14,17,19-30H2,1-2H3/b7-5+,11-9+,15-13+,18-16+. The molecular formula is C33H56O5. The van der Waals surface area contributed by atoms with E-state index in [2.05, 4.69) is 26.0 Å². The Balaban J connectivity index is 3.70. The number of hydrogen-bond acceptors (Lipinski definition) is 5. The highest BCUT2D eigenvalue weighted by Crippen LogP contribution is 2.12. The maximum atomic E-state index is 12.0. The van der Waals surface area contributed by atoms with E-state index in [1.165, 1.54) is 51.4 Å². The van der Waals surface area contributed by atoms with Crippen LogP contribution in [-0.4, -0.2) is 36.4 Å². The maximum absolute atomic E-state index is 12.0. The van der Waals surface area contributed by atoms with Crippen LogP contribution in [0.1, 0.15) is 129 Å². The molecule has 0 saturated heterocycles. The Morgan fingerprint density at radius 3 is 1.71 bits per heavy atom. The van der Waals surface area contributed by atoms with Crippen LogP contribution in [0.2, 0.25) is 0 Å². The van der Waals surface area contributed by atoms with Gasteiger partial charge in [0, 0.05) is 12.8 Å². The third-order valence-electron chi connectivity index (χ3n) is 6.23. The molecule has 0 amide bonds. The number of aliphatic hydroxyl groups excluding tert-OH is 1. The minimum Gasteiger partial charge on any atom is -0.462 e. The Kier molecular flexibility index (Phi) is 27.8. The molecule has 1 unspecified atom stereocenters. The third kappa shape index (κ3) is 26.9. The molecule has 0 aliphatic rings. The lowest BCUT2D eigenvalue weighted by molar-refractivity contribution is -0.161. The summed E-state index contributed by atoms with van der Waals surface area (Å²) >= 11 is 0. The van der Waals surface area contributed by atoms with Crippen molar-refractivity contribution >= 4 is 11.9 Å². The van der Waals surface area contributed by atoms with E-state index in [9.17, 15) is 14.7 Å². The first-order valence-electron chi connectivity index (χ1n) is 15.2. The number of aliphatic hydroxyl groups is 1. The van der Waals surface area contributed by atoms with Crippen molar-refractivity contribution in [3.63, 3.8) is 0 Å². The summed E-state index contributed by atoms with van der Waals surface area (Å²) in [6, 6.07) is 0. The van der Waals surface area contributed by atoms with Crippen LogP contribution in [0.15, 0.2) is 48.6 Å². The first-order chi connectivity index (χ1) is 18.6. The summed E-state index contributed by atoms with van der Waals surface area (Å²) in [7, 11) is 0. The zero-order valence-electron chi connectivity index (χ0n) is 24.4. The number of rotatable bonds is 26. The molecule has 38 heavy (non-hydrogen) atoms. The molecule has 1 atom stereocenters. The van der Waals surface area contributed by atoms with E-state index in [1.807, 2.05) is 36.5 Å². The number of carbonyl (C=O) groups is 2. The SMILES string of the molecule is CC/C=C/C=C/C=C/C=C/CCCCCC(=O)OCC(CO)OC(=O)CCCCCCCCCCCCC. The minimum atomic E-state index is -0.783. The summed E-state index contributed by atoms with van der Waals surface area (Å²) in [6.45, 7) is 3.92. The van der Waals surface area contributed by atoms with Gasteiger partial charge in [-0.1, -0.05) is 133 Å². The monoisotopic (exact) mass is 532 g/mol. The highest BCUT2D eigenvalue weighted by molar-refractivity contribution is 5.70. The van der Waals surface area contributed by atoms with Gasteiger partial charge in [-0.25, -0.2) is 0 Å². The van der Waals surface area contributed by atoms with E-state index in [4.69, 9.17) is 9.47 Å². The number of ether oxygens (including phenoxy) is 2. The molecule has 218 valence electrons. The van der Waals surface area contributed by atoms with Crippen molar-refractivity contribution < 1.29 is 24.2 Å². The topological polar surface area (TPSA) is 72.8 Å². The predicted octanol–water partition coefficient (Wildman–Crippen LogP) is 8.72. The summed E-state index contributed by atoms with van der Waals surface area (Å²) < 4.78 is 10.5. The first kappa shape index (κ1) is 35.9. The van der Waals surface area contributed by atoms with Crippen LogP contribution < -0.4 is 0 Å². The molecule has 0 heterocycles. The fraction of sp³-hybridized carbons (Fsp3) is 0.697. The van der Waals surface area contributed by atoms with Crippen molar-refractivity contribution in [2.45, 2.75) is 136 Å². The summed E-state index contributed by atoms with van der Waals surface area (Å²) in [5, 5.41) is 9.46. The van der Waals surface area contributed by atoms with E-state index in [1.54, 1.807) is 0 Å². The Labute approximate surface area is 233 Å². The van der Waals surface area contributed by atoms with Crippen molar-refractivity contribution in [2.24, 2.45) is 0 Å². The largest absolute Gasteiger partial charge is 0.462 e. The van der Waals surface area contributed by atoms with Gasteiger partial charge in [0.15, 0.2) is 6.10 Å². The van der Waals surface area contributed by atoms with Crippen molar-refractivity contribution in [3.05, 3.63) is 48.6 Å². The van der Waals surface area contributed by atoms with Gasteiger partial charge in [0.2, 0.25) is 0 Å². The first-order valence-corrected chi connectivity index (χ1v) is 15.2. The Morgan fingerprint density at radius 1 is 0.632 bits per heavy atom. The predicted molar refractivity (Wildman–Crippen MR) is 159 cm³/mol. The van der Waals surface area contributed by atoms with E-state index < -0.39 is 6.10 Å². The second-order valence-corrected chi connectivity index (χ2v) is 9.90. The van der Waals surface area contributed by atoms with Crippen LogP contribution in [0.4, 0.5) is 0 Å². The van der Waals surface area contributed by atoms with Gasteiger partial charge >= 0.3 is 11.9 Å². The summed E-state index contributed by atoms with van der Waals surface area (Å²) in [5.41, 5.74) is 0. The quantitative estimate of drug-likeness (QED) is 0.0685. The van der Waals surface area contributed by atoms with Crippen molar-refractivity contribution in [2.75, 3.05) is 13.2 Å². The second-order valence-electron chi connectivity index (χ2n) is 9.90. The zero-order chi connectivity index (χ0) is 27.9. The lowest BCUT2D eigenvalue weighted by Crippen LogP contribution is -2.28. The van der Waals surface area contributed by atoms with E-state index >= 15 is 0 Å². The van der Waals surface area contributed by atoms with Crippen molar-refractivity contribution in [1.29, 1.82) is 0 Å². The van der Waals surface area contributed by atoms with Gasteiger partial charge in [0.1, 0.15) is 6.61 Å². The molecule has 0 aromatic carbocycles. The highest BCUT2D eigenvalue weighted by Gasteiger charge is 2.16. The normalized spacial score (nSPS) is 12.8. The average Bonchev–Trinajstić information content (AvgIpc) is 2.92. The molecule has 5 heteroatoms. The van der Waals surface area contributed by atoms with E-state index in [-0.39, 0.29) is 25.2 Å². The summed E-state index contributed by atoms with van der Waals surface area (Å²) in [4.78, 5) is 24.0. The van der Waals surface area contributed by atoms with Gasteiger partial charge in [-0.05, 0) is 32.1 Å². The highest BCUT2D eigenvalue weighted by atomic mass is 16.6. The fourth-order valence-corrected chi connectivity index (χ4v) is 3.91. The van der Waals surface area contributed by atoms with Crippen LogP contribution in [0.25, 0.3) is 0 Å². The molecule has 1 N–H and O–H groups in total. The molecule has 0 aromatic heterocycles. The molecule has 0 saturated carbocycles. The summed E-state index contributed by atoms with van der Waals surface area (Å²) in [6.07, 6.45) is 34.5. The van der Waals surface area contributed by atoms with Crippen LogP contribution in [-0.2, 0) is 19.1 Å². The Bertz CT molecular complexity index is 662. The molecule has 0 fully saturated rings. The number of hydrogen-bond donors (Lipinski definition) is 1. The number of esters is 2. The molecule has 0 spiro atoms. The molecule has 0 aromatic rings. The van der Waals surface area contributed by atoms with Gasteiger partial charge in [0.25, 0.3) is 0 Å². The van der Waals surface area contributed by atoms with Crippen LogP contribution in [0.3, 0.4) is 0 Å². The van der Waals surface area contributed by atoms with Gasteiger partial charge in [-0.3, -0.25) is 9.59 Å². The lowest BCUT2D eigenvalue weighted by Gasteiger charge is -2.15. The average molecular weight is 533 g/mol. The Hall–Kier alpha value is -2.14. The maximum Gasteiger partial charge on any atom is 0.306 e. The van der Waals surface area contributed by atoms with Crippen LogP contribution in [0.5, 0.6) is 0 Å². The molecular weight excluding hydrogens is 476 g/mol. The van der Waals surface area contributed by atoms with Crippen LogP contribution in [0, 0.1) is 0 Å². The number of unbranched alkanes of at least 4 members (excludes halogenated alkanes) is 13. The van der Waals surface area contributed by atoms with Gasteiger partial charge in [-0.2, -0.15) is 0 Å². The molecule has 0 aliphatic heterocycles. The molecule has 0 bridgehead atoms. The van der Waals surface area contributed by atoms with Crippen LogP contribution >= 0.6 is 0 Å². The van der Waals surface area contributed by atoms with E-state index in [0.29, 0.717) is 12.8 Å². The van der Waals surface area contributed by atoms with Crippen molar-refractivity contribution in [3.8, 4) is 0 Å². The molecule has 0 radical (unpaired) electrons. The zero-order valence-corrected chi connectivity index (χ0v) is 24.4.